The number of benzene rings is 3. The van der Waals surface area contributed by atoms with Crippen LogP contribution in [0.25, 0.3) is 12.2 Å². The minimum Gasteiger partial charge on any atom is -0.455 e. The second kappa shape index (κ2) is 7.44. The Hall–Kier alpha value is -2.80. The van der Waals surface area contributed by atoms with Gasteiger partial charge in [0.25, 0.3) is 0 Å². The van der Waals surface area contributed by atoms with Crippen LogP contribution >= 0.6 is 0 Å². The molecular weight excluding hydrogens is 328 g/mol. The maximum Gasteiger partial charge on any atom is 0.138 e. The predicted octanol–water partition coefficient (Wildman–Crippen LogP) is 5.71. The predicted molar refractivity (Wildman–Crippen MR) is 116 cm³/mol. The summed E-state index contributed by atoms with van der Waals surface area (Å²) in [5.74, 6) is 1.91. The fourth-order valence-electron chi connectivity index (χ4n) is 3.57. The van der Waals surface area contributed by atoms with Gasteiger partial charge in [-0.05, 0) is 66.8 Å². The summed E-state index contributed by atoms with van der Waals surface area (Å²) < 4.78 is 6.43. The van der Waals surface area contributed by atoms with E-state index in [1.54, 1.807) is 0 Å². The van der Waals surface area contributed by atoms with Crippen molar-refractivity contribution in [3.63, 3.8) is 0 Å². The van der Waals surface area contributed by atoms with Crippen molar-refractivity contribution in [2.24, 2.45) is 0 Å². The molecule has 0 radical (unpaired) electrons. The molecule has 0 unspecified atom stereocenters. The molecule has 0 atom stereocenters. The first-order valence-electron chi connectivity index (χ1n) is 9.66. The maximum atomic E-state index is 6.43. The summed E-state index contributed by atoms with van der Waals surface area (Å²) in [5, 5.41) is 2.16. The quantitative estimate of drug-likeness (QED) is 0.424. The molecule has 1 heteroatoms. The Morgan fingerprint density at radius 1 is 0.667 bits per heavy atom. The highest BCUT2D eigenvalue weighted by atomic mass is 16.5. The lowest BCUT2D eigenvalue weighted by Gasteiger charge is -2.25. The van der Waals surface area contributed by atoms with E-state index in [4.69, 9.17) is 4.74 Å². The summed E-state index contributed by atoms with van der Waals surface area (Å²) >= 11 is 0. The van der Waals surface area contributed by atoms with Crippen LogP contribution in [0.2, 0.25) is 0 Å². The smallest absolute Gasteiger partial charge is 0.138 e. The fourth-order valence-corrected chi connectivity index (χ4v) is 3.57. The van der Waals surface area contributed by atoms with Gasteiger partial charge in [0.15, 0.2) is 0 Å². The van der Waals surface area contributed by atoms with Crippen molar-refractivity contribution in [2.75, 3.05) is 0 Å². The zero-order chi connectivity index (χ0) is 19.7. The number of fused-ring (bicyclic) bond motifs is 2. The summed E-state index contributed by atoms with van der Waals surface area (Å²) in [4.78, 5) is 0. The van der Waals surface area contributed by atoms with Crippen LogP contribution < -0.4 is 15.2 Å². The lowest BCUT2D eigenvalue weighted by molar-refractivity contribution is 0.464. The van der Waals surface area contributed by atoms with E-state index in [2.05, 4.69) is 82.8 Å². The Labute approximate surface area is 162 Å². The molecule has 0 N–H and O–H groups in total. The third-order valence-corrected chi connectivity index (χ3v) is 5.35. The maximum absolute atomic E-state index is 6.43. The molecule has 3 aromatic rings. The Kier molecular flexibility index (Phi) is 5.23. The molecule has 0 fully saturated rings. The highest BCUT2D eigenvalue weighted by Gasteiger charge is 2.24. The van der Waals surface area contributed by atoms with E-state index < -0.39 is 0 Å². The Balaban J connectivity index is 0.00000102. The van der Waals surface area contributed by atoms with Crippen molar-refractivity contribution in [1.29, 1.82) is 0 Å². The number of hydrogen-bond acceptors (Lipinski definition) is 1. The summed E-state index contributed by atoms with van der Waals surface area (Å²) in [6.45, 7) is 16.7. The van der Waals surface area contributed by atoms with E-state index in [1.807, 2.05) is 13.8 Å². The Bertz CT molecular complexity index is 1120. The second-order valence-electron chi connectivity index (χ2n) is 6.90. The van der Waals surface area contributed by atoms with E-state index >= 15 is 0 Å². The van der Waals surface area contributed by atoms with Crippen molar-refractivity contribution in [3.05, 3.63) is 92.3 Å². The zero-order valence-corrected chi connectivity index (χ0v) is 17.2. The van der Waals surface area contributed by atoms with Crippen molar-refractivity contribution in [2.45, 2.75) is 41.5 Å². The minimum atomic E-state index is 0.937. The van der Waals surface area contributed by atoms with E-state index in [0.29, 0.717) is 0 Å². The van der Waals surface area contributed by atoms with Gasteiger partial charge in [0, 0.05) is 16.4 Å². The van der Waals surface area contributed by atoms with Crippen LogP contribution in [0.15, 0.2) is 48.5 Å². The van der Waals surface area contributed by atoms with Crippen molar-refractivity contribution >= 4 is 12.2 Å². The van der Waals surface area contributed by atoms with Gasteiger partial charge in [-0.1, -0.05) is 62.9 Å². The highest BCUT2D eigenvalue weighted by Crippen LogP contribution is 2.40. The first-order chi connectivity index (χ1) is 13.0. The molecule has 0 saturated heterocycles. The first kappa shape index (κ1) is 19.0. The summed E-state index contributed by atoms with van der Waals surface area (Å²) in [7, 11) is 0. The molecule has 0 aliphatic carbocycles. The normalized spacial score (nSPS) is 11.7. The average Bonchev–Trinajstić information content (AvgIpc) is 2.69. The van der Waals surface area contributed by atoms with Gasteiger partial charge in [0.1, 0.15) is 11.5 Å². The van der Waals surface area contributed by atoms with Gasteiger partial charge in [0.05, 0.1) is 0 Å². The van der Waals surface area contributed by atoms with Crippen LogP contribution in [0.4, 0.5) is 0 Å². The molecule has 27 heavy (non-hydrogen) atoms. The average molecular weight is 357 g/mol. The van der Waals surface area contributed by atoms with Gasteiger partial charge in [-0.25, -0.2) is 0 Å². The molecule has 0 saturated carbocycles. The molecule has 1 aliphatic rings. The molecule has 0 amide bonds. The molecule has 0 spiro atoms. The van der Waals surface area contributed by atoms with E-state index in [-0.39, 0.29) is 0 Å². The van der Waals surface area contributed by atoms with Gasteiger partial charge in [0.2, 0.25) is 0 Å². The summed E-state index contributed by atoms with van der Waals surface area (Å²) in [6.07, 6.45) is 0. The molecular formula is C26H28O. The standard InChI is InChI=1S/C24H22O.C2H6/c1-14-10-12-20-22(19-9-7-6-8-16(19)3)21-13-11-15(2)18(5)24(21)25-23(20)17(14)4;1-2/h6-13H,1H2,2-5H3;1-2H3. The van der Waals surface area contributed by atoms with Gasteiger partial charge in [-0.15, -0.1) is 0 Å². The number of aryl methyl sites for hydroxylation is 2. The third kappa shape index (κ3) is 3.08. The lowest BCUT2D eigenvalue weighted by atomic mass is 9.87. The minimum absolute atomic E-state index is 0.937. The van der Waals surface area contributed by atoms with E-state index in [0.717, 1.165) is 27.5 Å². The van der Waals surface area contributed by atoms with Gasteiger partial charge in [-0.3, -0.25) is 0 Å². The zero-order valence-electron chi connectivity index (χ0n) is 17.2. The molecule has 1 nitrogen and oxygen atoms in total. The van der Waals surface area contributed by atoms with Crippen molar-refractivity contribution < 1.29 is 4.74 Å². The Morgan fingerprint density at radius 3 is 2.07 bits per heavy atom. The third-order valence-electron chi connectivity index (χ3n) is 5.35. The topological polar surface area (TPSA) is 9.23 Å². The SMILES string of the molecule is C=c1ccc2c(c1C)Oc1c(ccc(C)c1C)C=2c1ccccc1C.CC. The van der Waals surface area contributed by atoms with Crippen LogP contribution in [-0.4, -0.2) is 0 Å². The largest absolute Gasteiger partial charge is 0.455 e. The van der Waals surface area contributed by atoms with Crippen LogP contribution in [0.1, 0.15) is 47.2 Å². The first-order valence-corrected chi connectivity index (χ1v) is 9.66. The van der Waals surface area contributed by atoms with E-state index in [1.165, 1.54) is 33.4 Å². The van der Waals surface area contributed by atoms with Crippen LogP contribution in [0.3, 0.4) is 0 Å². The number of hydrogen-bond donors (Lipinski definition) is 0. The summed E-state index contributed by atoms with van der Waals surface area (Å²) in [6, 6.07) is 17.2. The Morgan fingerprint density at radius 2 is 1.37 bits per heavy atom. The number of rotatable bonds is 1. The molecule has 1 aliphatic heterocycles. The van der Waals surface area contributed by atoms with Crippen molar-refractivity contribution in [3.8, 4) is 11.5 Å². The van der Waals surface area contributed by atoms with Gasteiger partial charge in [-0.2, -0.15) is 0 Å². The monoisotopic (exact) mass is 356 g/mol. The summed E-state index contributed by atoms with van der Waals surface area (Å²) in [5.41, 5.74) is 8.49. The highest BCUT2D eigenvalue weighted by molar-refractivity contribution is 5.87. The second-order valence-corrected chi connectivity index (χ2v) is 6.90. The van der Waals surface area contributed by atoms with Crippen LogP contribution in [0.5, 0.6) is 11.5 Å². The van der Waals surface area contributed by atoms with E-state index in [9.17, 15) is 0 Å². The van der Waals surface area contributed by atoms with Crippen LogP contribution in [-0.2, 0) is 0 Å². The lowest BCUT2D eigenvalue weighted by Crippen LogP contribution is -2.23. The molecule has 0 bridgehead atoms. The fraction of sp³-hybridized carbons (Fsp3) is 0.231. The molecule has 138 valence electrons. The van der Waals surface area contributed by atoms with Gasteiger partial charge >= 0.3 is 0 Å². The van der Waals surface area contributed by atoms with Gasteiger partial charge < -0.3 is 4.74 Å². The van der Waals surface area contributed by atoms with Crippen molar-refractivity contribution in [1.82, 2.24) is 0 Å². The molecule has 0 aromatic heterocycles. The molecule has 3 aromatic carbocycles. The number of ether oxygens (including phenoxy) is 1. The molecule has 4 rings (SSSR count). The van der Waals surface area contributed by atoms with Crippen LogP contribution in [0, 0.1) is 27.7 Å². The molecule has 1 heterocycles.